The van der Waals surface area contributed by atoms with Gasteiger partial charge in [-0.2, -0.15) is 0 Å². The number of hydrogen-bond donors (Lipinski definition) is 2. The standard InChI is InChI=1S/C15H22N2O2/c1-11-13(17-6-5-16-11)9-12-3-4-14-15(10-12)19-8-2-7-18-14/h3-4,10-11,13,16-17H,2,5-9H2,1H3. The van der Waals surface area contributed by atoms with Crippen molar-refractivity contribution < 1.29 is 9.47 Å². The molecule has 0 amide bonds. The summed E-state index contributed by atoms with van der Waals surface area (Å²) in [6.45, 7) is 5.83. The van der Waals surface area contributed by atoms with Crippen molar-refractivity contribution in [2.45, 2.75) is 31.8 Å². The molecule has 0 spiro atoms. The summed E-state index contributed by atoms with van der Waals surface area (Å²) in [6, 6.07) is 7.31. The van der Waals surface area contributed by atoms with Crippen molar-refractivity contribution in [3.8, 4) is 11.5 Å². The highest BCUT2D eigenvalue weighted by atomic mass is 16.5. The van der Waals surface area contributed by atoms with Gasteiger partial charge in [-0.3, -0.25) is 0 Å². The van der Waals surface area contributed by atoms with Crippen LogP contribution in [-0.4, -0.2) is 38.4 Å². The fourth-order valence-electron chi connectivity index (χ4n) is 2.71. The molecule has 0 saturated carbocycles. The molecule has 2 N–H and O–H groups in total. The minimum atomic E-state index is 0.485. The van der Waals surface area contributed by atoms with E-state index in [-0.39, 0.29) is 0 Å². The first-order valence-corrected chi connectivity index (χ1v) is 7.18. The number of nitrogens with one attached hydrogen (secondary N) is 2. The van der Waals surface area contributed by atoms with E-state index in [4.69, 9.17) is 9.47 Å². The molecule has 2 atom stereocenters. The molecule has 2 heterocycles. The average Bonchev–Trinajstić information content (AvgIpc) is 2.66. The van der Waals surface area contributed by atoms with E-state index in [0.29, 0.717) is 12.1 Å². The lowest BCUT2D eigenvalue weighted by Crippen LogP contribution is -2.55. The lowest BCUT2D eigenvalue weighted by molar-refractivity contribution is 0.297. The summed E-state index contributed by atoms with van der Waals surface area (Å²) in [7, 11) is 0. The molecule has 1 saturated heterocycles. The Morgan fingerprint density at radius 1 is 1.11 bits per heavy atom. The molecule has 1 aromatic carbocycles. The van der Waals surface area contributed by atoms with E-state index in [9.17, 15) is 0 Å². The number of fused-ring (bicyclic) bond motifs is 1. The van der Waals surface area contributed by atoms with Crippen LogP contribution in [0.15, 0.2) is 18.2 Å². The van der Waals surface area contributed by atoms with Gasteiger partial charge in [0.1, 0.15) is 0 Å². The first-order valence-electron chi connectivity index (χ1n) is 7.18. The van der Waals surface area contributed by atoms with Gasteiger partial charge >= 0.3 is 0 Å². The maximum Gasteiger partial charge on any atom is 0.161 e. The van der Waals surface area contributed by atoms with E-state index in [0.717, 1.165) is 50.6 Å². The molecule has 0 aliphatic carbocycles. The van der Waals surface area contributed by atoms with Crippen LogP contribution >= 0.6 is 0 Å². The van der Waals surface area contributed by atoms with E-state index >= 15 is 0 Å². The van der Waals surface area contributed by atoms with Gasteiger partial charge in [0.15, 0.2) is 11.5 Å². The highest BCUT2D eigenvalue weighted by Crippen LogP contribution is 2.30. The van der Waals surface area contributed by atoms with Gasteiger partial charge < -0.3 is 20.1 Å². The third kappa shape index (κ3) is 3.01. The largest absolute Gasteiger partial charge is 0.490 e. The smallest absolute Gasteiger partial charge is 0.161 e. The van der Waals surface area contributed by atoms with Gasteiger partial charge in [-0.05, 0) is 31.0 Å². The Bertz CT molecular complexity index is 436. The van der Waals surface area contributed by atoms with Crippen molar-refractivity contribution in [3.05, 3.63) is 23.8 Å². The lowest BCUT2D eigenvalue weighted by atomic mass is 9.98. The molecule has 2 unspecified atom stereocenters. The number of benzene rings is 1. The van der Waals surface area contributed by atoms with E-state index in [1.165, 1.54) is 5.56 Å². The molecule has 0 bridgehead atoms. The van der Waals surface area contributed by atoms with Gasteiger partial charge in [-0.15, -0.1) is 0 Å². The first-order chi connectivity index (χ1) is 9.33. The zero-order chi connectivity index (χ0) is 13.1. The predicted molar refractivity (Wildman–Crippen MR) is 75.0 cm³/mol. The predicted octanol–water partition coefficient (Wildman–Crippen LogP) is 1.34. The van der Waals surface area contributed by atoms with E-state index in [2.05, 4.69) is 29.7 Å². The van der Waals surface area contributed by atoms with Crippen molar-refractivity contribution in [3.63, 3.8) is 0 Å². The molecule has 0 radical (unpaired) electrons. The van der Waals surface area contributed by atoms with Crippen molar-refractivity contribution in [2.24, 2.45) is 0 Å². The van der Waals surface area contributed by atoms with Crippen LogP contribution in [0.5, 0.6) is 11.5 Å². The van der Waals surface area contributed by atoms with Crippen LogP contribution in [-0.2, 0) is 6.42 Å². The summed E-state index contributed by atoms with van der Waals surface area (Å²) in [5.74, 6) is 1.77. The summed E-state index contributed by atoms with van der Waals surface area (Å²) in [5, 5.41) is 7.08. The molecule has 4 nitrogen and oxygen atoms in total. The van der Waals surface area contributed by atoms with Crippen LogP contribution in [0.2, 0.25) is 0 Å². The fourth-order valence-corrected chi connectivity index (χ4v) is 2.71. The summed E-state index contributed by atoms with van der Waals surface area (Å²) in [5.41, 5.74) is 1.30. The Morgan fingerprint density at radius 3 is 2.74 bits per heavy atom. The molecule has 3 rings (SSSR count). The zero-order valence-electron chi connectivity index (χ0n) is 11.4. The van der Waals surface area contributed by atoms with Gasteiger partial charge in [0, 0.05) is 31.6 Å². The second-order valence-corrected chi connectivity index (χ2v) is 5.34. The maximum absolute atomic E-state index is 5.74. The molecule has 4 heteroatoms. The third-order valence-electron chi connectivity index (χ3n) is 3.87. The van der Waals surface area contributed by atoms with E-state index < -0.39 is 0 Å². The third-order valence-corrected chi connectivity index (χ3v) is 3.87. The van der Waals surface area contributed by atoms with Crippen molar-refractivity contribution in [2.75, 3.05) is 26.3 Å². The highest BCUT2D eigenvalue weighted by molar-refractivity contribution is 5.43. The maximum atomic E-state index is 5.74. The molecule has 2 aliphatic rings. The van der Waals surface area contributed by atoms with E-state index in [1.807, 2.05) is 6.07 Å². The van der Waals surface area contributed by atoms with Crippen molar-refractivity contribution in [1.29, 1.82) is 0 Å². The van der Waals surface area contributed by atoms with Crippen LogP contribution in [0, 0.1) is 0 Å². The van der Waals surface area contributed by atoms with Gasteiger partial charge in [0.2, 0.25) is 0 Å². The second-order valence-electron chi connectivity index (χ2n) is 5.34. The fraction of sp³-hybridized carbons (Fsp3) is 0.600. The molecule has 0 aromatic heterocycles. The monoisotopic (exact) mass is 262 g/mol. The molecule has 104 valence electrons. The quantitative estimate of drug-likeness (QED) is 0.844. The minimum absolute atomic E-state index is 0.485. The number of ether oxygens (including phenoxy) is 2. The summed E-state index contributed by atoms with van der Waals surface area (Å²) in [6.07, 6.45) is 1.97. The van der Waals surface area contributed by atoms with Crippen LogP contribution in [0.3, 0.4) is 0 Å². The highest BCUT2D eigenvalue weighted by Gasteiger charge is 2.21. The number of piperazine rings is 1. The Labute approximate surface area is 114 Å². The molecular formula is C15H22N2O2. The van der Waals surface area contributed by atoms with Crippen LogP contribution in [0.1, 0.15) is 18.9 Å². The Balaban J connectivity index is 1.72. The Morgan fingerprint density at radius 2 is 1.89 bits per heavy atom. The van der Waals surface area contributed by atoms with Crippen LogP contribution in [0.4, 0.5) is 0 Å². The molecule has 2 aliphatic heterocycles. The average molecular weight is 262 g/mol. The Hall–Kier alpha value is -1.26. The van der Waals surface area contributed by atoms with Gasteiger partial charge in [-0.25, -0.2) is 0 Å². The molecular weight excluding hydrogens is 240 g/mol. The number of rotatable bonds is 2. The van der Waals surface area contributed by atoms with Crippen molar-refractivity contribution in [1.82, 2.24) is 10.6 Å². The number of hydrogen-bond acceptors (Lipinski definition) is 4. The normalized spacial score (nSPS) is 26.8. The second kappa shape index (κ2) is 5.80. The van der Waals surface area contributed by atoms with E-state index in [1.54, 1.807) is 0 Å². The first kappa shape index (κ1) is 12.8. The molecule has 1 aromatic rings. The topological polar surface area (TPSA) is 42.5 Å². The Kier molecular flexibility index (Phi) is 3.89. The summed E-state index contributed by atoms with van der Waals surface area (Å²) in [4.78, 5) is 0. The van der Waals surface area contributed by atoms with Gasteiger partial charge in [0.25, 0.3) is 0 Å². The molecule has 1 fully saturated rings. The SMILES string of the molecule is CC1NCCNC1Cc1ccc2c(c1)OCCCO2. The molecule has 19 heavy (non-hydrogen) atoms. The lowest BCUT2D eigenvalue weighted by Gasteiger charge is -2.31. The van der Waals surface area contributed by atoms with Gasteiger partial charge in [-0.1, -0.05) is 6.07 Å². The van der Waals surface area contributed by atoms with Crippen LogP contribution in [0.25, 0.3) is 0 Å². The van der Waals surface area contributed by atoms with Crippen molar-refractivity contribution >= 4 is 0 Å². The van der Waals surface area contributed by atoms with Crippen LogP contribution < -0.4 is 20.1 Å². The summed E-state index contributed by atoms with van der Waals surface area (Å²) >= 11 is 0. The van der Waals surface area contributed by atoms with Gasteiger partial charge in [0.05, 0.1) is 13.2 Å². The zero-order valence-corrected chi connectivity index (χ0v) is 11.4. The minimum Gasteiger partial charge on any atom is -0.490 e. The summed E-state index contributed by atoms with van der Waals surface area (Å²) < 4.78 is 11.4.